The van der Waals surface area contributed by atoms with Crippen LogP contribution in [0.1, 0.15) is 32.8 Å². The number of hydrogen-bond acceptors (Lipinski definition) is 4. The van der Waals surface area contributed by atoms with Crippen LogP contribution in [0.15, 0.2) is 24.3 Å². The lowest BCUT2D eigenvalue weighted by Crippen LogP contribution is -2.40. The molecule has 0 fully saturated rings. The molecule has 0 aromatic heterocycles. The topological polar surface area (TPSA) is 87.1 Å². The molecule has 0 aliphatic rings. The van der Waals surface area contributed by atoms with Crippen molar-refractivity contribution < 1.29 is 24.5 Å². The molecule has 0 spiro atoms. The molecule has 0 unspecified atom stereocenters. The van der Waals surface area contributed by atoms with Crippen molar-refractivity contribution in [2.24, 2.45) is 0 Å². The highest BCUT2D eigenvalue weighted by Crippen LogP contribution is 2.14. The maximum atomic E-state index is 12.0. The minimum atomic E-state index is -1.08. The van der Waals surface area contributed by atoms with Gasteiger partial charge >= 0.3 is 12.1 Å². The van der Waals surface area contributed by atoms with Crippen LogP contribution in [0, 0.1) is 0 Å². The third-order valence-electron chi connectivity index (χ3n) is 2.78. The van der Waals surface area contributed by atoms with Crippen molar-refractivity contribution in [2.45, 2.75) is 39.2 Å². The zero-order chi connectivity index (χ0) is 16.8. The molecule has 122 valence electrons. The number of amides is 1. The monoisotopic (exact) mass is 309 g/mol. The van der Waals surface area contributed by atoms with E-state index in [9.17, 15) is 14.7 Å². The van der Waals surface area contributed by atoms with E-state index in [1.165, 1.54) is 4.90 Å². The predicted molar refractivity (Wildman–Crippen MR) is 81.9 cm³/mol. The van der Waals surface area contributed by atoms with Gasteiger partial charge in [0.25, 0.3) is 0 Å². The van der Waals surface area contributed by atoms with Crippen LogP contribution >= 0.6 is 0 Å². The van der Waals surface area contributed by atoms with E-state index < -0.39 is 24.2 Å². The van der Waals surface area contributed by atoms with Crippen LogP contribution < -0.4 is 0 Å². The van der Waals surface area contributed by atoms with Crippen LogP contribution in [-0.4, -0.2) is 45.9 Å². The van der Waals surface area contributed by atoms with Gasteiger partial charge in [-0.3, -0.25) is 9.69 Å². The summed E-state index contributed by atoms with van der Waals surface area (Å²) in [5.41, 5.74) is 0.262. The fourth-order valence-electron chi connectivity index (χ4n) is 1.91. The molecule has 0 aliphatic carbocycles. The smallest absolute Gasteiger partial charge is 0.410 e. The first-order valence-corrected chi connectivity index (χ1v) is 7.15. The molecule has 1 aromatic carbocycles. The lowest BCUT2D eigenvalue weighted by Gasteiger charge is -2.26. The molecule has 1 amide bonds. The molecule has 22 heavy (non-hydrogen) atoms. The van der Waals surface area contributed by atoms with Gasteiger partial charge in [-0.05, 0) is 51.3 Å². The van der Waals surface area contributed by atoms with Crippen molar-refractivity contribution in [2.75, 3.05) is 13.1 Å². The number of aliphatic carboxylic acids is 1. The van der Waals surface area contributed by atoms with E-state index in [2.05, 4.69) is 0 Å². The molecule has 1 aromatic rings. The third kappa shape index (κ3) is 6.97. The van der Waals surface area contributed by atoms with Gasteiger partial charge in [-0.25, -0.2) is 4.79 Å². The number of aryl methyl sites for hydroxylation is 1. The number of hydrogen-bond donors (Lipinski definition) is 2. The maximum Gasteiger partial charge on any atom is 0.410 e. The lowest BCUT2D eigenvalue weighted by atomic mass is 10.1. The average molecular weight is 309 g/mol. The SMILES string of the molecule is CC(C)(C)OC(=O)N(CCCc1cccc(O)c1)CC(=O)O. The average Bonchev–Trinajstić information content (AvgIpc) is 2.35. The Kier molecular flexibility index (Phi) is 6.22. The summed E-state index contributed by atoms with van der Waals surface area (Å²) in [4.78, 5) is 24.0. The van der Waals surface area contributed by atoms with Crippen LogP contribution in [0.4, 0.5) is 4.79 Å². The summed E-state index contributed by atoms with van der Waals surface area (Å²) in [5, 5.41) is 18.3. The molecule has 1 rings (SSSR count). The second-order valence-electron chi connectivity index (χ2n) is 6.07. The van der Waals surface area contributed by atoms with Gasteiger partial charge in [-0.15, -0.1) is 0 Å². The summed E-state index contributed by atoms with van der Waals surface area (Å²) in [5.74, 6) is -0.893. The van der Waals surface area contributed by atoms with E-state index in [-0.39, 0.29) is 12.3 Å². The van der Waals surface area contributed by atoms with Crippen molar-refractivity contribution in [3.8, 4) is 5.75 Å². The van der Waals surface area contributed by atoms with Gasteiger partial charge in [0.1, 0.15) is 17.9 Å². The fraction of sp³-hybridized carbons (Fsp3) is 0.500. The predicted octanol–water partition coefficient (Wildman–Crippen LogP) is 2.65. The number of phenols is 1. The molecule has 0 radical (unpaired) electrons. The number of ether oxygens (including phenoxy) is 1. The van der Waals surface area contributed by atoms with Crippen molar-refractivity contribution in [1.82, 2.24) is 4.90 Å². The van der Waals surface area contributed by atoms with E-state index >= 15 is 0 Å². The molecule has 0 aliphatic heterocycles. The second-order valence-corrected chi connectivity index (χ2v) is 6.07. The second kappa shape index (κ2) is 7.68. The van der Waals surface area contributed by atoms with Gasteiger partial charge in [0, 0.05) is 6.54 Å². The van der Waals surface area contributed by atoms with Crippen LogP contribution in [0.25, 0.3) is 0 Å². The molecule has 0 saturated carbocycles. The van der Waals surface area contributed by atoms with Gasteiger partial charge in [0.15, 0.2) is 0 Å². The number of carbonyl (C=O) groups excluding carboxylic acids is 1. The van der Waals surface area contributed by atoms with Gasteiger partial charge in [-0.2, -0.15) is 0 Å². The first-order valence-electron chi connectivity index (χ1n) is 7.15. The Morgan fingerprint density at radius 2 is 1.95 bits per heavy atom. The Bertz CT molecular complexity index is 522. The number of aromatic hydroxyl groups is 1. The van der Waals surface area contributed by atoms with Crippen molar-refractivity contribution in [3.63, 3.8) is 0 Å². The van der Waals surface area contributed by atoms with E-state index in [1.807, 2.05) is 6.07 Å². The summed E-state index contributed by atoms with van der Waals surface area (Å²) < 4.78 is 5.21. The van der Waals surface area contributed by atoms with E-state index in [4.69, 9.17) is 9.84 Å². The molecule has 0 bridgehead atoms. The molecule has 6 nitrogen and oxygen atoms in total. The van der Waals surface area contributed by atoms with Gasteiger partial charge < -0.3 is 14.9 Å². The number of carboxylic acids is 1. The summed E-state index contributed by atoms with van der Waals surface area (Å²) in [6.45, 7) is 5.08. The lowest BCUT2D eigenvalue weighted by molar-refractivity contribution is -0.138. The number of carboxylic acid groups (broad SMARTS) is 1. The Hall–Kier alpha value is -2.24. The third-order valence-corrected chi connectivity index (χ3v) is 2.78. The molecule has 6 heteroatoms. The Labute approximate surface area is 130 Å². The number of rotatable bonds is 6. The number of benzene rings is 1. The standard InChI is InChI=1S/C16H23NO5/c1-16(2,3)22-15(21)17(11-14(19)20)9-5-7-12-6-4-8-13(18)10-12/h4,6,8,10,18H,5,7,9,11H2,1-3H3,(H,19,20). The van der Waals surface area contributed by atoms with Crippen LogP contribution in [0.5, 0.6) is 5.75 Å². The summed E-state index contributed by atoms with van der Waals surface area (Å²) in [7, 11) is 0. The zero-order valence-electron chi connectivity index (χ0n) is 13.2. The van der Waals surface area contributed by atoms with Crippen LogP contribution in [0.3, 0.4) is 0 Å². The highest BCUT2D eigenvalue weighted by Gasteiger charge is 2.23. The quantitative estimate of drug-likeness (QED) is 0.843. The molecule has 2 N–H and O–H groups in total. The molecule has 0 saturated heterocycles. The Morgan fingerprint density at radius 3 is 2.50 bits per heavy atom. The molecular weight excluding hydrogens is 286 g/mol. The van der Waals surface area contributed by atoms with Gasteiger partial charge in [-0.1, -0.05) is 12.1 Å². The number of nitrogens with zero attached hydrogens (tertiary/aromatic N) is 1. The highest BCUT2D eigenvalue weighted by molar-refractivity contribution is 5.76. The first kappa shape index (κ1) is 17.8. The Balaban J connectivity index is 2.58. The number of carbonyl (C=O) groups is 2. The first-order chi connectivity index (χ1) is 10.2. The summed E-state index contributed by atoms with van der Waals surface area (Å²) in [6.07, 6.45) is 0.578. The van der Waals surface area contributed by atoms with E-state index in [1.54, 1.807) is 39.0 Å². The van der Waals surface area contributed by atoms with Crippen molar-refractivity contribution in [3.05, 3.63) is 29.8 Å². The van der Waals surface area contributed by atoms with Crippen LogP contribution in [0.2, 0.25) is 0 Å². The summed E-state index contributed by atoms with van der Waals surface area (Å²) in [6, 6.07) is 6.85. The minimum Gasteiger partial charge on any atom is -0.508 e. The number of phenolic OH excluding ortho intramolecular Hbond substituents is 1. The van der Waals surface area contributed by atoms with E-state index in [0.717, 1.165) is 5.56 Å². The maximum absolute atomic E-state index is 12.0. The van der Waals surface area contributed by atoms with Crippen molar-refractivity contribution >= 4 is 12.1 Å². The van der Waals surface area contributed by atoms with Gasteiger partial charge in [0.05, 0.1) is 0 Å². The van der Waals surface area contributed by atoms with Crippen molar-refractivity contribution in [1.29, 1.82) is 0 Å². The fourth-order valence-corrected chi connectivity index (χ4v) is 1.91. The van der Waals surface area contributed by atoms with Crippen LogP contribution in [-0.2, 0) is 16.0 Å². The molecular formula is C16H23NO5. The largest absolute Gasteiger partial charge is 0.508 e. The highest BCUT2D eigenvalue weighted by atomic mass is 16.6. The minimum absolute atomic E-state index is 0.187. The Morgan fingerprint density at radius 1 is 1.27 bits per heavy atom. The molecule has 0 atom stereocenters. The summed E-state index contributed by atoms with van der Waals surface area (Å²) >= 11 is 0. The van der Waals surface area contributed by atoms with E-state index in [0.29, 0.717) is 12.8 Å². The normalized spacial score (nSPS) is 11.0. The van der Waals surface area contributed by atoms with Gasteiger partial charge in [0.2, 0.25) is 0 Å². The zero-order valence-corrected chi connectivity index (χ0v) is 13.2. The molecule has 0 heterocycles.